The lowest BCUT2D eigenvalue weighted by atomic mass is 10.2. The third kappa shape index (κ3) is 2.38. The zero-order valence-corrected chi connectivity index (χ0v) is 9.75. The Hall–Kier alpha value is -2.04. The van der Waals surface area contributed by atoms with E-state index in [9.17, 15) is 4.79 Å². The van der Waals surface area contributed by atoms with E-state index >= 15 is 0 Å². The molecule has 0 atom stereocenters. The lowest BCUT2D eigenvalue weighted by molar-refractivity contribution is 0.0697. The standard InChI is InChI=1S/C12H14N2O3/c1-8(2)6-14-7-9(12(15)16)11(13-14)10-4-3-5-17-10/h3-5,7-8H,6H2,1-2H3,(H,15,16). The van der Waals surface area contributed by atoms with E-state index in [1.54, 1.807) is 23.0 Å². The number of aromatic carboxylic acids is 1. The van der Waals surface area contributed by atoms with Gasteiger partial charge in [-0.15, -0.1) is 0 Å². The van der Waals surface area contributed by atoms with Crippen LogP contribution in [-0.4, -0.2) is 20.9 Å². The first-order valence-electron chi connectivity index (χ1n) is 5.42. The number of aromatic nitrogens is 2. The van der Waals surface area contributed by atoms with Gasteiger partial charge in [-0.25, -0.2) is 4.79 Å². The molecule has 0 unspecified atom stereocenters. The molecule has 0 saturated carbocycles. The molecule has 0 amide bonds. The largest absolute Gasteiger partial charge is 0.478 e. The molecule has 0 aliphatic carbocycles. The zero-order chi connectivity index (χ0) is 12.4. The van der Waals surface area contributed by atoms with Gasteiger partial charge in [-0.3, -0.25) is 4.68 Å². The molecule has 0 spiro atoms. The van der Waals surface area contributed by atoms with E-state index < -0.39 is 5.97 Å². The summed E-state index contributed by atoms with van der Waals surface area (Å²) in [7, 11) is 0. The fourth-order valence-electron chi connectivity index (χ4n) is 1.64. The predicted octanol–water partition coefficient (Wildman–Crippen LogP) is 2.50. The lowest BCUT2D eigenvalue weighted by Gasteiger charge is -2.03. The van der Waals surface area contributed by atoms with Crippen LogP contribution in [0.4, 0.5) is 0 Å². The van der Waals surface area contributed by atoms with Crippen molar-refractivity contribution in [2.24, 2.45) is 5.92 Å². The second-order valence-electron chi connectivity index (χ2n) is 4.29. The highest BCUT2D eigenvalue weighted by molar-refractivity contribution is 5.93. The minimum Gasteiger partial charge on any atom is -0.478 e. The van der Waals surface area contributed by atoms with Crippen molar-refractivity contribution in [3.63, 3.8) is 0 Å². The van der Waals surface area contributed by atoms with Crippen LogP contribution in [0.5, 0.6) is 0 Å². The maximum atomic E-state index is 11.1. The first kappa shape index (κ1) is 11.4. The Labute approximate surface area is 98.7 Å². The molecule has 5 nitrogen and oxygen atoms in total. The SMILES string of the molecule is CC(C)Cn1cc(C(=O)O)c(-c2ccco2)n1. The van der Waals surface area contributed by atoms with Crippen LogP contribution in [0.1, 0.15) is 24.2 Å². The number of rotatable bonds is 4. The summed E-state index contributed by atoms with van der Waals surface area (Å²) in [5, 5.41) is 13.4. The van der Waals surface area contributed by atoms with Gasteiger partial charge in [0.25, 0.3) is 0 Å². The van der Waals surface area contributed by atoms with Crippen LogP contribution in [0.15, 0.2) is 29.0 Å². The Morgan fingerprint density at radius 3 is 2.88 bits per heavy atom. The summed E-state index contributed by atoms with van der Waals surface area (Å²) in [5.41, 5.74) is 0.545. The fourth-order valence-corrected chi connectivity index (χ4v) is 1.64. The first-order valence-corrected chi connectivity index (χ1v) is 5.42. The Balaban J connectivity index is 2.43. The van der Waals surface area contributed by atoms with E-state index in [4.69, 9.17) is 9.52 Å². The number of carboxylic acids is 1. The van der Waals surface area contributed by atoms with Crippen LogP contribution in [0.2, 0.25) is 0 Å². The summed E-state index contributed by atoms with van der Waals surface area (Å²) < 4.78 is 6.83. The predicted molar refractivity (Wildman–Crippen MR) is 61.7 cm³/mol. The Morgan fingerprint density at radius 2 is 2.35 bits per heavy atom. The van der Waals surface area contributed by atoms with Crippen LogP contribution in [-0.2, 0) is 6.54 Å². The lowest BCUT2D eigenvalue weighted by Crippen LogP contribution is -2.04. The molecule has 0 saturated heterocycles. The van der Waals surface area contributed by atoms with Gasteiger partial charge in [0.2, 0.25) is 0 Å². The van der Waals surface area contributed by atoms with Crippen molar-refractivity contribution in [2.45, 2.75) is 20.4 Å². The van der Waals surface area contributed by atoms with Crippen molar-refractivity contribution in [2.75, 3.05) is 0 Å². The van der Waals surface area contributed by atoms with E-state index in [2.05, 4.69) is 18.9 Å². The molecular formula is C12H14N2O3. The average molecular weight is 234 g/mol. The van der Waals surface area contributed by atoms with Crippen LogP contribution >= 0.6 is 0 Å². The van der Waals surface area contributed by atoms with E-state index in [0.717, 1.165) is 0 Å². The zero-order valence-electron chi connectivity index (χ0n) is 9.75. The second kappa shape index (κ2) is 4.45. The number of nitrogens with zero attached hydrogens (tertiary/aromatic N) is 2. The first-order chi connectivity index (χ1) is 8.08. The van der Waals surface area contributed by atoms with Gasteiger partial charge in [-0.2, -0.15) is 5.10 Å². The van der Waals surface area contributed by atoms with Crippen molar-refractivity contribution in [3.05, 3.63) is 30.2 Å². The molecular weight excluding hydrogens is 220 g/mol. The minimum absolute atomic E-state index is 0.167. The van der Waals surface area contributed by atoms with Crippen molar-refractivity contribution < 1.29 is 14.3 Å². The minimum atomic E-state index is -0.994. The number of hydrogen-bond acceptors (Lipinski definition) is 3. The molecule has 2 aromatic rings. The van der Waals surface area contributed by atoms with Crippen LogP contribution in [0, 0.1) is 5.92 Å². The quantitative estimate of drug-likeness (QED) is 0.882. The molecule has 5 heteroatoms. The average Bonchev–Trinajstić information content (AvgIpc) is 2.82. The van der Waals surface area contributed by atoms with Crippen LogP contribution < -0.4 is 0 Å². The van der Waals surface area contributed by atoms with Crippen LogP contribution in [0.25, 0.3) is 11.5 Å². The highest BCUT2D eigenvalue weighted by atomic mass is 16.4. The van der Waals surface area contributed by atoms with Gasteiger partial charge in [0, 0.05) is 12.7 Å². The highest BCUT2D eigenvalue weighted by Crippen LogP contribution is 2.22. The third-order valence-electron chi connectivity index (χ3n) is 2.30. The fraction of sp³-hybridized carbons (Fsp3) is 0.333. The molecule has 0 bridgehead atoms. The molecule has 2 heterocycles. The van der Waals surface area contributed by atoms with Crippen molar-refractivity contribution >= 4 is 5.97 Å². The van der Waals surface area contributed by atoms with Gasteiger partial charge in [-0.05, 0) is 18.1 Å². The maximum Gasteiger partial charge on any atom is 0.339 e. The summed E-state index contributed by atoms with van der Waals surface area (Å²) in [5.74, 6) is -0.114. The third-order valence-corrected chi connectivity index (χ3v) is 2.30. The Morgan fingerprint density at radius 1 is 1.59 bits per heavy atom. The van der Waals surface area contributed by atoms with Crippen molar-refractivity contribution in [3.8, 4) is 11.5 Å². The van der Waals surface area contributed by atoms with E-state index in [1.807, 2.05) is 0 Å². The molecule has 1 N–H and O–H groups in total. The summed E-state index contributed by atoms with van der Waals surface area (Å²) in [4.78, 5) is 11.1. The number of hydrogen-bond donors (Lipinski definition) is 1. The summed E-state index contributed by atoms with van der Waals surface area (Å²) in [6.07, 6.45) is 3.04. The summed E-state index contributed by atoms with van der Waals surface area (Å²) in [6.45, 7) is 4.78. The molecule has 17 heavy (non-hydrogen) atoms. The van der Waals surface area contributed by atoms with Gasteiger partial charge < -0.3 is 9.52 Å². The van der Waals surface area contributed by atoms with Crippen LogP contribution in [0.3, 0.4) is 0 Å². The topological polar surface area (TPSA) is 68.3 Å². The van der Waals surface area contributed by atoms with Gasteiger partial charge in [0.1, 0.15) is 11.3 Å². The van der Waals surface area contributed by atoms with Gasteiger partial charge >= 0.3 is 5.97 Å². The second-order valence-corrected chi connectivity index (χ2v) is 4.29. The molecule has 0 radical (unpaired) electrons. The smallest absolute Gasteiger partial charge is 0.339 e. The monoisotopic (exact) mass is 234 g/mol. The Kier molecular flexibility index (Phi) is 2.99. The van der Waals surface area contributed by atoms with Gasteiger partial charge in [0.15, 0.2) is 5.76 Å². The normalized spacial score (nSPS) is 11.0. The number of carbonyl (C=O) groups is 1. The van der Waals surface area contributed by atoms with E-state index in [0.29, 0.717) is 23.9 Å². The molecule has 0 fully saturated rings. The Bertz CT molecular complexity index is 512. The maximum absolute atomic E-state index is 11.1. The van der Waals surface area contributed by atoms with E-state index in [1.165, 1.54) is 6.26 Å². The van der Waals surface area contributed by atoms with Crippen molar-refractivity contribution in [1.82, 2.24) is 9.78 Å². The molecule has 2 rings (SSSR count). The molecule has 0 aliphatic rings. The number of furan rings is 1. The molecule has 0 aliphatic heterocycles. The van der Waals surface area contributed by atoms with Gasteiger partial charge in [0.05, 0.1) is 6.26 Å². The van der Waals surface area contributed by atoms with E-state index in [-0.39, 0.29) is 5.56 Å². The summed E-state index contributed by atoms with van der Waals surface area (Å²) >= 11 is 0. The summed E-state index contributed by atoms with van der Waals surface area (Å²) in [6, 6.07) is 3.41. The number of carboxylic acid groups (broad SMARTS) is 1. The molecule has 90 valence electrons. The molecule has 0 aromatic carbocycles. The molecule has 2 aromatic heterocycles. The van der Waals surface area contributed by atoms with Gasteiger partial charge in [-0.1, -0.05) is 13.8 Å². The highest BCUT2D eigenvalue weighted by Gasteiger charge is 2.19. The van der Waals surface area contributed by atoms with Crippen molar-refractivity contribution in [1.29, 1.82) is 0 Å².